The van der Waals surface area contributed by atoms with Crippen LogP contribution in [0.3, 0.4) is 0 Å². The summed E-state index contributed by atoms with van der Waals surface area (Å²) < 4.78 is 0. The second-order valence-corrected chi connectivity index (χ2v) is 5.26. The Bertz CT molecular complexity index is 241. The highest BCUT2D eigenvalue weighted by Gasteiger charge is 2.31. The number of carboxylic acid groups (broad SMARTS) is 1. The van der Waals surface area contributed by atoms with Gasteiger partial charge in [-0.2, -0.15) is 0 Å². The third-order valence-electron chi connectivity index (χ3n) is 3.38. The van der Waals surface area contributed by atoms with E-state index in [-0.39, 0.29) is 18.0 Å². The average Bonchev–Trinajstić information content (AvgIpc) is 2.26. The van der Waals surface area contributed by atoms with E-state index in [1.165, 1.54) is 0 Å². The minimum atomic E-state index is -0.714. The van der Waals surface area contributed by atoms with Gasteiger partial charge in [0.25, 0.3) is 0 Å². The molecule has 1 unspecified atom stereocenters. The van der Waals surface area contributed by atoms with Crippen LogP contribution in [0, 0.1) is 0 Å². The highest BCUT2D eigenvalue weighted by molar-refractivity contribution is 5.67. The Balaban J connectivity index is 2.64. The predicted octanol–water partition coefficient (Wildman–Crippen LogP) is 1.31. The molecule has 1 rings (SSSR count). The molecule has 4 nitrogen and oxygen atoms in total. The predicted molar refractivity (Wildman–Crippen MR) is 64.6 cm³/mol. The Morgan fingerprint density at radius 1 is 1.56 bits per heavy atom. The Labute approximate surface area is 98.0 Å². The first-order chi connectivity index (χ1) is 7.45. The van der Waals surface area contributed by atoms with Crippen LogP contribution in [-0.4, -0.2) is 47.2 Å². The molecule has 16 heavy (non-hydrogen) atoms. The van der Waals surface area contributed by atoms with Crippen LogP contribution in [0.1, 0.15) is 40.0 Å². The molecule has 0 aromatic rings. The summed E-state index contributed by atoms with van der Waals surface area (Å²) in [4.78, 5) is 13.2. The average molecular weight is 228 g/mol. The van der Waals surface area contributed by atoms with Gasteiger partial charge in [0, 0.05) is 18.1 Å². The van der Waals surface area contributed by atoms with E-state index in [0.29, 0.717) is 0 Å². The zero-order chi connectivity index (χ0) is 12.2. The van der Waals surface area contributed by atoms with Crippen LogP contribution >= 0.6 is 0 Å². The molecular formula is C12H24N2O2. The number of hydrogen-bond donors (Lipinski definition) is 2. The zero-order valence-electron chi connectivity index (χ0n) is 10.6. The van der Waals surface area contributed by atoms with Gasteiger partial charge in [-0.05, 0) is 39.8 Å². The smallest absolute Gasteiger partial charge is 0.304 e. The standard InChI is InChI=1S/C12H24N2O2/c1-4-7-14-9-10(8-11(15)16)13-6-5-12(14,2)3/h10,13H,4-9H2,1-3H3,(H,15,16). The molecule has 1 fully saturated rings. The van der Waals surface area contributed by atoms with E-state index in [1.54, 1.807) is 0 Å². The van der Waals surface area contributed by atoms with Crippen LogP contribution in [0.25, 0.3) is 0 Å². The number of nitrogens with zero attached hydrogens (tertiary/aromatic N) is 1. The van der Waals surface area contributed by atoms with Gasteiger partial charge in [0.2, 0.25) is 0 Å². The summed E-state index contributed by atoms with van der Waals surface area (Å²) in [6.45, 7) is 9.45. The van der Waals surface area contributed by atoms with Crippen molar-refractivity contribution in [2.75, 3.05) is 19.6 Å². The number of carbonyl (C=O) groups is 1. The maximum Gasteiger partial charge on any atom is 0.304 e. The third kappa shape index (κ3) is 3.76. The van der Waals surface area contributed by atoms with Crippen molar-refractivity contribution in [2.45, 2.75) is 51.6 Å². The fourth-order valence-electron chi connectivity index (χ4n) is 2.33. The summed E-state index contributed by atoms with van der Waals surface area (Å²) in [5, 5.41) is 12.2. The van der Waals surface area contributed by atoms with Crippen molar-refractivity contribution in [1.29, 1.82) is 0 Å². The van der Waals surface area contributed by atoms with Crippen LogP contribution < -0.4 is 5.32 Å². The molecule has 0 radical (unpaired) electrons. The van der Waals surface area contributed by atoms with Crippen molar-refractivity contribution < 1.29 is 9.90 Å². The lowest BCUT2D eigenvalue weighted by atomic mass is 9.98. The number of hydrogen-bond acceptors (Lipinski definition) is 3. The minimum absolute atomic E-state index is 0.0887. The number of carboxylic acids is 1. The first-order valence-corrected chi connectivity index (χ1v) is 6.16. The Hall–Kier alpha value is -0.610. The van der Waals surface area contributed by atoms with Gasteiger partial charge in [0.15, 0.2) is 0 Å². The molecular weight excluding hydrogens is 204 g/mol. The molecule has 4 heteroatoms. The SMILES string of the molecule is CCCN1CC(CC(=O)O)NCCC1(C)C. The van der Waals surface area contributed by atoms with E-state index < -0.39 is 5.97 Å². The lowest BCUT2D eigenvalue weighted by Gasteiger charge is -2.37. The van der Waals surface area contributed by atoms with Crippen molar-refractivity contribution in [3.8, 4) is 0 Å². The normalized spacial score (nSPS) is 26.3. The van der Waals surface area contributed by atoms with Crippen LogP contribution in [-0.2, 0) is 4.79 Å². The maximum absolute atomic E-state index is 10.7. The van der Waals surface area contributed by atoms with Crippen molar-refractivity contribution in [3.63, 3.8) is 0 Å². The van der Waals surface area contributed by atoms with E-state index >= 15 is 0 Å². The van der Waals surface area contributed by atoms with Crippen LogP contribution in [0.4, 0.5) is 0 Å². The van der Waals surface area contributed by atoms with E-state index in [1.807, 2.05) is 0 Å². The molecule has 0 aromatic carbocycles. The maximum atomic E-state index is 10.7. The fourth-order valence-corrected chi connectivity index (χ4v) is 2.33. The van der Waals surface area contributed by atoms with Crippen molar-refractivity contribution in [2.24, 2.45) is 0 Å². The highest BCUT2D eigenvalue weighted by atomic mass is 16.4. The van der Waals surface area contributed by atoms with Gasteiger partial charge in [0.05, 0.1) is 6.42 Å². The highest BCUT2D eigenvalue weighted by Crippen LogP contribution is 2.22. The molecule has 1 saturated heterocycles. The van der Waals surface area contributed by atoms with Crippen molar-refractivity contribution >= 4 is 5.97 Å². The van der Waals surface area contributed by atoms with Gasteiger partial charge >= 0.3 is 5.97 Å². The Kier molecular flexibility index (Phi) is 4.74. The van der Waals surface area contributed by atoms with E-state index in [4.69, 9.17) is 5.11 Å². The molecule has 0 spiro atoms. The van der Waals surface area contributed by atoms with E-state index in [9.17, 15) is 4.79 Å². The van der Waals surface area contributed by atoms with Crippen molar-refractivity contribution in [1.82, 2.24) is 10.2 Å². The lowest BCUT2D eigenvalue weighted by Crippen LogP contribution is -2.47. The summed E-state index contributed by atoms with van der Waals surface area (Å²) in [6.07, 6.45) is 2.41. The second-order valence-electron chi connectivity index (χ2n) is 5.26. The van der Waals surface area contributed by atoms with E-state index in [0.717, 1.165) is 32.5 Å². The van der Waals surface area contributed by atoms with Gasteiger partial charge in [-0.15, -0.1) is 0 Å². The monoisotopic (exact) mass is 228 g/mol. The zero-order valence-corrected chi connectivity index (χ0v) is 10.6. The molecule has 0 bridgehead atoms. The van der Waals surface area contributed by atoms with Crippen LogP contribution in [0.2, 0.25) is 0 Å². The largest absolute Gasteiger partial charge is 0.481 e. The van der Waals surface area contributed by atoms with Gasteiger partial charge in [-0.1, -0.05) is 6.92 Å². The minimum Gasteiger partial charge on any atom is -0.481 e. The quantitative estimate of drug-likeness (QED) is 0.762. The Morgan fingerprint density at radius 3 is 2.81 bits per heavy atom. The fraction of sp³-hybridized carbons (Fsp3) is 0.917. The molecule has 94 valence electrons. The summed E-state index contributed by atoms with van der Waals surface area (Å²) in [5.41, 5.74) is 0.177. The summed E-state index contributed by atoms with van der Waals surface area (Å²) >= 11 is 0. The second kappa shape index (κ2) is 5.64. The number of rotatable bonds is 4. The van der Waals surface area contributed by atoms with Gasteiger partial charge in [0.1, 0.15) is 0 Å². The molecule has 0 aromatic heterocycles. The summed E-state index contributed by atoms with van der Waals surface area (Å²) in [5.74, 6) is -0.714. The Morgan fingerprint density at radius 2 is 2.25 bits per heavy atom. The topological polar surface area (TPSA) is 52.6 Å². The molecule has 1 aliphatic heterocycles. The molecule has 0 saturated carbocycles. The summed E-state index contributed by atoms with van der Waals surface area (Å²) in [6, 6.07) is 0.0887. The molecule has 1 heterocycles. The first kappa shape index (κ1) is 13.5. The van der Waals surface area contributed by atoms with Crippen LogP contribution in [0.15, 0.2) is 0 Å². The molecule has 0 aliphatic carbocycles. The molecule has 1 aliphatic rings. The van der Waals surface area contributed by atoms with Gasteiger partial charge in [-0.3, -0.25) is 9.69 Å². The van der Waals surface area contributed by atoms with E-state index in [2.05, 4.69) is 31.0 Å². The van der Waals surface area contributed by atoms with Gasteiger partial charge in [-0.25, -0.2) is 0 Å². The van der Waals surface area contributed by atoms with Crippen molar-refractivity contribution in [3.05, 3.63) is 0 Å². The molecule has 1 atom stereocenters. The lowest BCUT2D eigenvalue weighted by molar-refractivity contribution is -0.137. The number of aliphatic carboxylic acids is 1. The first-order valence-electron chi connectivity index (χ1n) is 6.16. The molecule has 0 amide bonds. The van der Waals surface area contributed by atoms with Crippen LogP contribution in [0.5, 0.6) is 0 Å². The van der Waals surface area contributed by atoms with Gasteiger partial charge < -0.3 is 10.4 Å². The summed E-state index contributed by atoms with van der Waals surface area (Å²) in [7, 11) is 0. The third-order valence-corrected chi connectivity index (χ3v) is 3.38. The number of nitrogens with one attached hydrogen (secondary N) is 1. The molecule has 2 N–H and O–H groups in total.